The SMILES string of the molecule is C[C@H]1N=C(CO)O[C@H]1c1ccccc1. The molecular formula is C11H13NO2. The number of ether oxygens (including phenoxy) is 1. The molecule has 74 valence electrons. The normalized spacial score (nSPS) is 25.7. The third-order valence-electron chi connectivity index (χ3n) is 2.31. The molecule has 3 nitrogen and oxygen atoms in total. The van der Waals surface area contributed by atoms with Gasteiger partial charge in [0.25, 0.3) is 0 Å². The molecule has 1 aliphatic rings. The van der Waals surface area contributed by atoms with Crippen LogP contribution >= 0.6 is 0 Å². The number of nitrogens with zero attached hydrogens (tertiary/aromatic N) is 1. The van der Waals surface area contributed by atoms with Gasteiger partial charge in [0, 0.05) is 0 Å². The van der Waals surface area contributed by atoms with Crippen LogP contribution in [0.2, 0.25) is 0 Å². The predicted octanol–water partition coefficient (Wildman–Crippen LogP) is 1.54. The van der Waals surface area contributed by atoms with E-state index in [1.165, 1.54) is 0 Å². The maximum Gasteiger partial charge on any atom is 0.210 e. The van der Waals surface area contributed by atoms with Gasteiger partial charge in [-0.25, -0.2) is 4.99 Å². The number of aliphatic imine (C=N–C) groups is 1. The second kappa shape index (κ2) is 3.80. The van der Waals surface area contributed by atoms with Gasteiger partial charge in [-0.3, -0.25) is 0 Å². The van der Waals surface area contributed by atoms with Crippen molar-refractivity contribution in [2.45, 2.75) is 19.1 Å². The number of aliphatic hydroxyl groups excluding tert-OH is 1. The minimum absolute atomic E-state index is 0.0432. The van der Waals surface area contributed by atoms with Crippen molar-refractivity contribution in [2.24, 2.45) is 4.99 Å². The van der Waals surface area contributed by atoms with E-state index in [1.54, 1.807) is 0 Å². The highest BCUT2D eigenvalue weighted by atomic mass is 16.5. The predicted molar refractivity (Wildman–Crippen MR) is 54.3 cm³/mol. The average molecular weight is 191 g/mol. The van der Waals surface area contributed by atoms with Gasteiger partial charge in [-0.15, -0.1) is 0 Å². The minimum atomic E-state index is -0.117. The molecule has 0 spiro atoms. The third-order valence-corrected chi connectivity index (χ3v) is 2.31. The summed E-state index contributed by atoms with van der Waals surface area (Å²) in [4.78, 5) is 4.21. The molecule has 0 aliphatic carbocycles. The van der Waals surface area contributed by atoms with Crippen LogP contribution < -0.4 is 0 Å². The van der Waals surface area contributed by atoms with Gasteiger partial charge in [0.05, 0.1) is 6.04 Å². The van der Waals surface area contributed by atoms with Crippen molar-refractivity contribution in [3.63, 3.8) is 0 Å². The summed E-state index contributed by atoms with van der Waals surface area (Å²) in [5.41, 5.74) is 1.10. The number of rotatable bonds is 2. The van der Waals surface area contributed by atoms with E-state index in [1.807, 2.05) is 37.3 Å². The monoisotopic (exact) mass is 191 g/mol. The number of aliphatic hydroxyl groups is 1. The van der Waals surface area contributed by atoms with E-state index in [-0.39, 0.29) is 18.8 Å². The summed E-state index contributed by atoms with van der Waals surface area (Å²) in [6, 6.07) is 10.0. The number of hydrogen-bond donors (Lipinski definition) is 1. The Morgan fingerprint density at radius 3 is 2.64 bits per heavy atom. The first-order valence-corrected chi connectivity index (χ1v) is 4.70. The first-order valence-electron chi connectivity index (χ1n) is 4.70. The van der Waals surface area contributed by atoms with Crippen molar-refractivity contribution in [1.82, 2.24) is 0 Å². The van der Waals surface area contributed by atoms with Crippen LogP contribution in [0.5, 0.6) is 0 Å². The molecule has 14 heavy (non-hydrogen) atoms. The van der Waals surface area contributed by atoms with Gasteiger partial charge in [0.15, 0.2) is 0 Å². The molecule has 1 aliphatic heterocycles. The fourth-order valence-electron chi connectivity index (χ4n) is 1.64. The second-order valence-corrected chi connectivity index (χ2v) is 3.37. The highest BCUT2D eigenvalue weighted by Crippen LogP contribution is 2.28. The lowest BCUT2D eigenvalue weighted by atomic mass is 10.0. The smallest absolute Gasteiger partial charge is 0.210 e. The van der Waals surface area contributed by atoms with E-state index >= 15 is 0 Å². The zero-order chi connectivity index (χ0) is 9.97. The van der Waals surface area contributed by atoms with Crippen LogP contribution in [-0.2, 0) is 4.74 Å². The first kappa shape index (κ1) is 9.21. The molecule has 1 aromatic rings. The van der Waals surface area contributed by atoms with Crippen LogP contribution in [0.4, 0.5) is 0 Å². The van der Waals surface area contributed by atoms with Gasteiger partial charge in [0.1, 0.15) is 12.7 Å². The van der Waals surface area contributed by atoms with Crippen molar-refractivity contribution < 1.29 is 9.84 Å². The first-order chi connectivity index (χ1) is 6.81. The maximum absolute atomic E-state index is 8.89. The molecule has 0 saturated heterocycles. The summed E-state index contributed by atoms with van der Waals surface area (Å²) >= 11 is 0. The number of hydrogen-bond acceptors (Lipinski definition) is 3. The van der Waals surface area contributed by atoms with Crippen LogP contribution in [0.3, 0.4) is 0 Å². The standard InChI is InChI=1S/C11H13NO2/c1-8-11(14-10(7-13)12-8)9-5-3-2-4-6-9/h2-6,8,11,13H,7H2,1H3/t8-,11-/m1/s1. The molecule has 1 aromatic carbocycles. The van der Waals surface area contributed by atoms with Crippen molar-refractivity contribution in [1.29, 1.82) is 0 Å². The molecular weight excluding hydrogens is 178 g/mol. The molecule has 0 amide bonds. The van der Waals surface area contributed by atoms with E-state index in [9.17, 15) is 0 Å². The zero-order valence-corrected chi connectivity index (χ0v) is 8.05. The quantitative estimate of drug-likeness (QED) is 0.770. The van der Waals surface area contributed by atoms with Gasteiger partial charge < -0.3 is 9.84 Å². The summed E-state index contributed by atoms with van der Waals surface area (Å²) < 4.78 is 5.51. The summed E-state index contributed by atoms with van der Waals surface area (Å²) in [5, 5.41) is 8.89. The topological polar surface area (TPSA) is 41.8 Å². The van der Waals surface area contributed by atoms with Gasteiger partial charge in [0.2, 0.25) is 5.90 Å². The lowest BCUT2D eigenvalue weighted by molar-refractivity contribution is 0.183. The molecule has 0 fully saturated rings. The summed E-state index contributed by atoms with van der Waals surface area (Å²) in [6.07, 6.45) is -0.0432. The molecule has 2 atom stereocenters. The minimum Gasteiger partial charge on any atom is -0.469 e. The van der Waals surface area contributed by atoms with Crippen molar-refractivity contribution >= 4 is 5.90 Å². The Morgan fingerprint density at radius 2 is 2.07 bits per heavy atom. The van der Waals surface area contributed by atoms with Crippen LogP contribution in [-0.4, -0.2) is 23.7 Å². The summed E-state index contributed by atoms with van der Waals surface area (Å²) in [6.45, 7) is 1.87. The van der Waals surface area contributed by atoms with E-state index in [2.05, 4.69) is 4.99 Å². The van der Waals surface area contributed by atoms with Crippen molar-refractivity contribution in [3.8, 4) is 0 Å². The molecule has 2 rings (SSSR count). The molecule has 0 aromatic heterocycles. The van der Waals surface area contributed by atoms with Crippen LogP contribution in [0, 0.1) is 0 Å². The van der Waals surface area contributed by atoms with Crippen molar-refractivity contribution in [2.75, 3.05) is 6.61 Å². The highest BCUT2D eigenvalue weighted by molar-refractivity contribution is 5.79. The van der Waals surface area contributed by atoms with Crippen LogP contribution in [0.15, 0.2) is 35.3 Å². The Balaban J connectivity index is 2.16. The Labute approximate surface area is 83.1 Å². The van der Waals surface area contributed by atoms with Gasteiger partial charge in [-0.05, 0) is 12.5 Å². The molecule has 3 heteroatoms. The second-order valence-electron chi connectivity index (χ2n) is 3.37. The highest BCUT2D eigenvalue weighted by Gasteiger charge is 2.27. The molecule has 0 unspecified atom stereocenters. The maximum atomic E-state index is 8.89. The Kier molecular flexibility index (Phi) is 2.50. The van der Waals surface area contributed by atoms with E-state index in [0.717, 1.165) is 5.56 Å². The van der Waals surface area contributed by atoms with Crippen LogP contribution in [0.25, 0.3) is 0 Å². The molecule has 0 bridgehead atoms. The average Bonchev–Trinajstić information content (AvgIpc) is 2.61. The van der Waals surface area contributed by atoms with E-state index < -0.39 is 0 Å². The van der Waals surface area contributed by atoms with E-state index in [4.69, 9.17) is 9.84 Å². The lowest BCUT2D eigenvalue weighted by Gasteiger charge is -2.14. The molecule has 0 saturated carbocycles. The Morgan fingerprint density at radius 1 is 1.36 bits per heavy atom. The fourth-order valence-corrected chi connectivity index (χ4v) is 1.64. The van der Waals surface area contributed by atoms with Gasteiger partial charge in [-0.2, -0.15) is 0 Å². The van der Waals surface area contributed by atoms with E-state index in [0.29, 0.717) is 5.90 Å². The third kappa shape index (κ3) is 1.63. The molecule has 1 heterocycles. The largest absolute Gasteiger partial charge is 0.469 e. The zero-order valence-electron chi connectivity index (χ0n) is 8.05. The molecule has 0 radical (unpaired) electrons. The fraction of sp³-hybridized carbons (Fsp3) is 0.364. The van der Waals surface area contributed by atoms with Crippen molar-refractivity contribution in [3.05, 3.63) is 35.9 Å². The number of benzene rings is 1. The Hall–Kier alpha value is -1.35. The van der Waals surface area contributed by atoms with Gasteiger partial charge in [-0.1, -0.05) is 30.3 Å². The van der Waals surface area contributed by atoms with Crippen LogP contribution in [0.1, 0.15) is 18.6 Å². The summed E-state index contributed by atoms with van der Waals surface area (Å²) in [7, 11) is 0. The lowest BCUT2D eigenvalue weighted by Crippen LogP contribution is -2.11. The summed E-state index contributed by atoms with van der Waals surface area (Å²) in [5.74, 6) is 0.436. The molecule has 1 N–H and O–H groups in total. The van der Waals surface area contributed by atoms with Gasteiger partial charge >= 0.3 is 0 Å². The Bertz CT molecular complexity index is 334.